The van der Waals surface area contributed by atoms with Gasteiger partial charge in [0.25, 0.3) is 0 Å². The Bertz CT molecular complexity index is 988. The number of methoxy groups -OCH3 is 1. The Morgan fingerprint density at radius 3 is 2.50 bits per heavy atom. The zero-order valence-corrected chi connectivity index (χ0v) is 15.3. The van der Waals surface area contributed by atoms with Crippen LogP contribution in [0.25, 0.3) is 11.3 Å². The molecule has 0 bridgehead atoms. The molecule has 0 amide bonds. The first kappa shape index (κ1) is 19.2. The molecule has 0 aliphatic heterocycles. The lowest BCUT2D eigenvalue weighted by molar-refractivity contribution is -0.139. The van der Waals surface area contributed by atoms with Crippen molar-refractivity contribution in [3.63, 3.8) is 0 Å². The molecule has 1 heterocycles. The number of ketones is 1. The van der Waals surface area contributed by atoms with E-state index in [1.54, 1.807) is 24.3 Å². The number of phenols is 2. The molecule has 0 atom stereocenters. The SMILES string of the molecule is COC(=O)Cc1cc(O)cc(O)c1-c1ccc(CCC(=O)c2ccccc2)o1. The van der Waals surface area contributed by atoms with Crippen molar-refractivity contribution >= 4 is 11.8 Å². The van der Waals surface area contributed by atoms with E-state index in [0.717, 1.165) is 0 Å². The minimum Gasteiger partial charge on any atom is -0.508 e. The Kier molecular flexibility index (Phi) is 5.79. The summed E-state index contributed by atoms with van der Waals surface area (Å²) in [6.07, 6.45) is 0.558. The summed E-state index contributed by atoms with van der Waals surface area (Å²) < 4.78 is 10.5. The number of aryl methyl sites for hydroxylation is 1. The van der Waals surface area contributed by atoms with Gasteiger partial charge in [-0.25, -0.2) is 0 Å². The molecule has 2 N–H and O–H groups in total. The molecule has 0 fully saturated rings. The van der Waals surface area contributed by atoms with Gasteiger partial charge in [0.1, 0.15) is 23.0 Å². The van der Waals surface area contributed by atoms with Crippen LogP contribution in [0.2, 0.25) is 0 Å². The topological polar surface area (TPSA) is 97.0 Å². The summed E-state index contributed by atoms with van der Waals surface area (Å²) in [5.74, 6) is 0.0544. The molecule has 2 aromatic carbocycles. The number of aromatic hydroxyl groups is 2. The van der Waals surface area contributed by atoms with E-state index in [2.05, 4.69) is 4.74 Å². The van der Waals surface area contributed by atoms with E-state index in [-0.39, 0.29) is 30.1 Å². The highest BCUT2D eigenvalue weighted by atomic mass is 16.5. The van der Waals surface area contributed by atoms with Crippen molar-refractivity contribution in [1.82, 2.24) is 0 Å². The van der Waals surface area contributed by atoms with E-state index < -0.39 is 5.97 Å². The van der Waals surface area contributed by atoms with Crippen molar-refractivity contribution < 1.29 is 29.0 Å². The van der Waals surface area contributed by atoms with Gasteiger partial charge < -0.3 is 19.4 Å². The molecule has 144 valence electrons. The lowest BCUT2D eigenvalue weighted by Crippen LogP contribution is -2.05. The molecular formula is C22H20O6. The quantitative estimate of drug-likeness (QED) is 0.477. The second-order valence-corrected chi connectivity index (χ2v) is 6.31. The fourth-order valence-electron chi connectivity index (χ4n) is 2.97. The van der Waals surface area contributed by atoms with E-state index >= 15 is 0 Å². The van der Waals surface area contributed by atoms with E-state index in [0.29, 0.717) is 34.6 Å². The third-order valence-corrected chi connectivity index (χ3v) is 4.35. The molecule has 0 saturated carbocycles. The first-order chi connectivity index (χ1) is 13.5. The van der Waals surface area contributed by atoms with Gasteiger partial charge in [0.05, 0.1) is 19.1 Å². The number of ether oxygens (including phenoxy) is 1. The van der Waals surface area contributed by atoms with E-state index in [4.69, 9.17) is 4.42 Å². The molecular weight excluding hydrogens is 360 g/mol. The Balaban J connectivity index is 1.80. The minimum atomic E-state index is -0.508. The monoisotopic (exact) mass is 380 g/mol. The van der Waals surface area contributed by atoms with Gasteiger partial charge in [0.2, 0.25) is 0 Å². The standard InChI is InChI=1S/C22H20O6/c1-27-21(26)12-15-11-16(23)13-19(25)22(15)20-10-8-17(28-20)7-9-18(24)14-5-3-2-4-6-14/h2-6,8,10-11,13,23,25H,7,9,12H2,1H3. The maximum atomic E-state index is 12.2. The summed E-state index contributed by atoms with van der Waals surface area (Å²) in [5, 5.41) is 20.0. The minimum absolute atomic E-state index is 0.0115. The van der Waals surface area contributed by atoms with Crippen LogP contribution in [0.5, 0.6) is 11.5 Å². The lowest BCUT2D eigenvalue weighted by Gasteiger charge is -2.10. The first-order valence-corrected chi connectivity index (χ1v) is 8.77. The summed E-state index contributed by atoms with van der Waals surface area (Å²) in [6.45, 7) is 0. The number of furan rings is 1. The fourth-order valence-corrected chi connectivity index (χ4v) is 2.97. The van der Waals surface area contributed by atoms with Gasteiger partial charge >= 0.3 is 5.97 Å². The summed E-state index contributed by atoms with van der Waals surface area (Å²) in [4.78, 5) is 23.9. The van der Waals surface area contributed by atoms with Gasteiger partial charge in [-0.05, 0) is 23.8 Å². The van der Waals surface area contributed by atoms with Crippen LogP contribution in [0.15, 0.2) is 59.0 Å². The second kappa shape index (κ2) is 8.43. The number of carbonyl (C=O) groups excluding carboxylic acids is 2. The zero-order chi connectivity index (χ0) is 20.1. The van der Waals surface area contributed by atoms with Gasteiger partial charge in [-0.1, -0.05) is 30.3 Å². The van der Waals surface area contributed by atoms with Gasteiger partial charge in [-0.2, -0.15) is 0 Å². The van der Waals surface area contributed by atoms with Crippen molar-refractivity contribution in [2.24, 2.45) is 0 Å². The predicted octanol–water partition coefficient (Wildman–Crippen LogP) is 3.89. The van der Waals surface area contributed by atoms with Gasteiger partial charge in [-0.15, -0.1) is 0 Å². The molecule has 0 aliphatic rings. The Morgan fingerprint density at radius 1 is 1.04 bits per heavy atom. The molecule has 0 aliphatic carbocycles. The number of esters is 1. The largest absolute Gasteiger partial charge is 0.508 e. The summed E-state index contributed by atoms with van der Waals surface area (Å²) in [7, 11) is 1.26. The van der Waals surface area contributed by atoms with Crippen molar-refractivity contribution in [2.45, 2.75) is 19.3 Å². The molecule has 1 aromatic heterocycles. The van der Waals surface area contributed by atoms with Gasteiger partial charge in [0, 0.05) is 24.5 Å². The van der Waals surface area contributed by atoms with E-state index in [9.17, 15) is 19.8 Å². The number of carbonyl (C=O) groups is 2. The lowest BCUT2D eigenvalue weighted by atomic mass is 10.0. The third kappa shape index (κ3) is 4.40. The summed E-state index contributed by atoms with van der Waals surface area (Å²) in [6, 6.07) is 15.0. The van der Waals surface area contributed by atoms with Crippen LogP contribution in [0.1, 0.15) is 28.1 Å². The number of hydrogen-bond donors (Lipinski definition) is 2. The van der Waals surface area contributed by atoms with Crippen molar-refractivity contribution in [1.29, 1.82) is 0 Å². The maximum absolute atomic E-state index is 12.2. The average molecular weight is 380 g/mol. The zero-order valence-electron chi connectivity index (χ0n) is 15.3. The highest BCUT2D eigenvalue weighted by Crippen LogP contribution is 2.37. The molecule has 0 saturated heterocycles. The molecule has 0 radical (unpaired) electrons. The third-order valence-electron chi connectivity index (χ3n) is 4.35. The second-order valence-electron chi connectivity index (χ2n) is 6.31. The number of benzene rings is 2. The molecule has 6 heteroatoms. The van der Waals surface area contributed by atoms with Crippen LogP contribution in [0.4, 0.5) is 0 Å². The van der Waals surface area contributed by atoms with Crippen LogP contribution in [-0.4, -0.2) is 29.1 Å². The smallest absolute Gasteiger partial charge is 0.310 e. The normalized spacial score (nSPS) is 10.6. The molecule has 0 spiro atoms. The van der Waals surface area contributed by atoms with Gasteiger partial charge in [-0.3, -0.25) is 9.59 Å². The van der Waals surface area contributed by atoms with Crippen LogP contribution in [0.3, 0.4) is 0 Å². The van der Waals surface area contributed by atoms with Crippen molar-refractivity contribution in [3.8, 4) is 22.8 Å². The van der Waals surface area contributed by atoms with E-state index in [1.165, 1.54) is 19.2 Å². The Hall–Kier alpha value is -3.54. The van der Waals surface area contributed by atoms with Crippen LogP contribution in [0, 0.1) is 0 Å². The molecule has 3 rings (SSSR count). The number of hydrogen-bond acceptors (Lipinski definition) is 6. The summed E-state index contributed by atoms with van der Waals surface area (Å²) >= 11 is 0. The van der Waals surface area contributed by atoms with Crippen LogP contribution < -0.4 is 0 Å². The average Bonchev–Trinajstić information content (AvgIpc) is 3.14. The van der Waals surface area contributed by atoms with Gasteiger partial charge in [0.15, 0.2) is 5.78 Å². The number of phenolic OH excluding ortho intramolecular Hbond substituents is 2. The van der Waals surface area contributed by atoms with Crippen molar-refractivity contribution in [2.75, 3.05) is 7.11 Å². The fraction of sp³-hybridized carbons (Fsp3) is 0.182. The van der Waals surface area contributed by atoms with E-state index in [1.807, 2.05) is 18.2 Å². The first-order valence-electron chi connectivity index (χ1n) is 8.77. The number of Topliss-reactive ketones (excluding diaryl/α,β-unsaturated/α-hetero) is 1. The Morgan fingerprint density at radius 2 is 1.79 bits per heavy atom. The van der Waals surface area contributed by atoms with Crippen molar-refractivity contribution in [3.05, 3.63) is 71.5 Å². The molecule has 3 aromatic rings. The molecule has 0 unspecified atom stereocenters. The predicted molar refractivity (Wildman–Crippen MR) is 102 cm³/mol. The highest BCUT2D eigenvalue weighted by molar-refractivity contribution is 5.96. The summed E-state index contributed by atoms with van der Waals surface area (Å²) in [5.41, 5.74) is 1.33. The number of rotatable bonds is 7. The molecule has 6 nitrogen and oxygen atoms in total. The molecule has 28 heavy (non-hydrogen) atoms. The Labute approximate surface area is 162 Å². The highest BCUT2D eigenvalue weighted by Gasteiger charge is 2.19. The van der Waals surface area contributed by atoms with Crippen LogP contribution in [-0.2, 0) is 22.4 Å². The maximum Gasteiger partial charge on any atom is 0.310 e. The van der Waals surface area contributed by atoms with Crippen LogP contribution >= 0.6 is 0 Å².